The zero-order valence-corrected chi connectivity index (χ0v) is 20.0. The van der Waals surface area contributed by atoms with Gasteiger partial charge in [0.1, 0.15) is 0 Å². The van der Waals surface area contributed by atoms with E-state index in [-0.39, 0.29) is 17.6 Å². The number of amides is 2. The third-order valence-corrected chi connectivity index (χ3v) is 6.82. The highest BCUT2D eigenvalue weighted by atomic mass is 35.5. The lowest BCUT2D eigenvalue weighted by molar-refractivity contribution is -0.113. The largest absolute Gasteiger partial charge is 0.352 e. The fourth-order valence-corrected chi connectivity index (χ4v) is 5.05. The van der Waals surface area contributed by atoms with Gasteiger partial charge in [0.15, 0.2) is 11.0 Å². The van der Waals surface area contributed by atoms with Gasteiger partial charge in [-0.3, -0.25) is 14.2 Å². The van der Waals surface area contributed by atoms with E-state index in [1.54, 1.807) is 24.3 Å². The number of benzene rings is 2. The SMILES string of the molecule is CCNC(=O)c1cccc(NC(=O)CSc2nnc(-c3ccccc3Cl)n2C2CCCC2)c1. The van der Waals surface area contributed by atoms with Gasteiger partial charge in [-0.05, 0) is 50.1 Å². The molecule has 33 heavy (non-hydrogen) atoms. The van der Waals surface area contributed by atoms with Gasteiger partial charge in [0.05, 0.1) is 10.8 Å². The third-order valence-electron chi connectivity index (χ3n) is 5.55. The number of hydrogen-bond donors (Lipinski definition) is 2. The molecule has 1 heterocycles. The molecule has 0 aliphatic heterocycles. The molecule has 1 aliphatic rings. The molecule has 2 aromatic carbocycles. The number of carbonyl (C=O) groups excluding carboxylic acids is 2. The normalized spacial score (nSPS) is 13.8. The number of thioether (sulfide) groups is 1. The van der Waals surface area contributed by atoms with Crippen LogP contribution in [0.1, 0.15) is 49.0 Å². The summed E-state index contributed by atoms with van der Waals surface area (Å²) in [4.78, 5) is 24.7. The second-order valence-electron chi connectivity index (χ2n) is 7.87. The molecule has 4 rings (SSSR count). The molecule has 1 aromatic heterocycles. The fraction of sp³-hybridized carbons (Fsp3) is 0.333. The van der Waals surface area contributed by atoms with E-state index in [9.17, 15) is 9.59 Å². The quantitative estimate of drug-likeness (QED) is 0.430. The van der Waals surface area contributed by atoms with Gasteiger partial charge < -0.3 is 10.6 Å². The Labute approximate surface area is 202 Å². The van der Waals surface area contributed by atoms with E-state index in [1.165, 1.54) is 11.8 Å². The van der Waals surface area contributed by atoms with Gasteiger partial charge in [-0.15, -0.1) is 10.2 Å². The van der Waals surface area contributed by atoms with Gasteiger partial charge in [-0.25, -0.2) is 0 Å². The maximum Gasteiger partial charge on any atom is 0.251 e. The number of nitrogens with zero attached hydrogens (tertiary/aromatic N) is 3. The first-order valence-corrected chi connectivity index (χ1v) is 12.4. The molecule has 1 fully saturated rings. The van der Waals surface area contributed by atoms with Gasteiger partial charge in [-0.1, -0.05) is 54.4 Å². The topological polar surface area (TPSA) is 88.9 Å². The summed E-state index contributed by atoms with van der Waals surface area (Å²) in [6, 6.07) is 14.8. The van der Waals surface area contributed by atoms with Crippen molar-refractivity contribution in [1.29, 1.82) is 0 Å². The molecule has 3 aromatic rings. The average Bonchev–Trinajstić information content (AvgIpc) is 3.48. The molecule has 7 nitrogen and oxygen atoms in total. The molecule has 0 radical (unpaired) electrons. The standard InChI is InChI=1S/C24H26ClN5O2S/c1-2-26-23(32)16-8-7-9-17(14-16)27-21(31)15-33-24-29-28-22(19-12-5-6-13-20(19)25)30(24)18-10-3-4-11-18/h5-9,12-14,18H,2-4,10-11,15H2,1H3,(H,26,32)(H,27,31). The molecule has 1 aliphatic carbocycles. The predicted molar refractivity (Wildman–Crippen MR) is 132 cm³/mol. The Morgan fingerprint density at radius 3 is 2.67 bits per heavy atom. The zero-order valence-electron chi connectivity index (χ0n) is 18.4. The van der Waals surface area contributed by atoms with E-state index >= 15 is 0 Å². The molecule has 9 heteroatoms. The molecular formula is C24H26ClN5O2S. The number of rotatable bonds is 8. The number of nitrogens with one attached hydrogen (secondary N) is 2. The summed E-state index contributed by atoms with van der Waals surface area (Å²) in [7, 11) is 0. The van der Waals surface area contributed by atoms with Crippen molar-refractivity contribution < 1.29 is 9.59 Å². The highest BCUT2D eigenvalue weighted by Gasteiger charge is 2.26. The van der Waals surface area contributed by atoms with Crippen molar-refractivity contribution in [3.8, 4) is 11.4 Å². The van der Waals surface area contributed by atoms with Crippen LogP contribution in [0.25, 0.3) is 11.4 Å². The molecular weight excluding hydrogens is 458 g/mol. The smallest absolute Gasteiger partial charge is 0.251 e. The first kappa shape index (κ1) is 23.3. The first-order chi connectivity index (χ1) is 16.1. The van der Waals surface area contributed by atoms with Crippen LogP contribution in [0.5, 0.6) is 0 Å². The number of hydrogen-bond acceptors (Lipinski definition) is 5. The van der Waals surface area contributed by atoms with Gasteiger partial charge >= 0.3 is 0 Å². The van der Waals surface area contributed by atoms with E-state index in [4.69, 9.17) is 11.6 Å². The summed E-state index contributed by atoms with van der Waals surface area (Å²) < 4.78 is 2.14. The second-order valence-corrected chi connectivity index (χ2v) is 9.22. The third kappa shape index (κ3) is 5.57. The van der Waals surface area contributed by atoms with Crippen LogP contribution in [0.2, 0.25) is 5.02 Å². The van der Waals surface area contributed by atoms with Gasteiger partial charge in [-0.2, -0.15) is 0 Å². The van der Waals surface area contributed by atoms with Crippen LogP contribution in [-0.4, -0.2) is 38.9 Å². The molecule has 0 atom stereocenters. The van der Waals surface area contributed by atoms with Crippen LogP contribution in [0, 0.1) is 0 Å². The Morgan fingerprint density at radius 2 is 1.91 bits per heavy atom. The summed E-state index contributed by atoms with van der Waals surface area (Å²) in [6.07, 6.45) is 4.44. The number of halogens is 1. The number of aromatic nitrogens is 3. The number of carbonyl (C=O) groups is 2. The number of anilines is 1. The van der Waals surface area contributed by atoms with Crippen LogP contribution in [0.15, 0.2) is 53.7 Å². The monoisotopic (exact) mass is 483 g/mol. The Balaban J connectivity index is 1.48. The Hall–Kier alpha value is -2.84. The fourth-order valence-electron chi connectivity index (χ4n) is 4.02. The van der Waals surface area contributed by atoms with Crippen molar-refractivity contribution in [2.75, 3.05) is 17.6 Å². The maximum absolute atomic E-state index is 12.6. The minimum Gasteiger partial charge on any atom is -0.352 e. The molecule has 2 N–H and O–H groups in total. The Morgan fingerprint density at radius 1 is 1.12 bits per heavy atom. The van der Waals surface area contributed by atoms with Gasteiger partial charge in [0.25, 0.3) is 5.91 Å². The van der Waals surface area contributed by atoms with Crippen molar-refractivity contribution in [3.63, 3.8) is 0 Å². The van der Waals surface area contributed by atoms with Crippen LogP contribution >= 0.6 is 23.4 Å². The van der Waals surface area contributed by atoms with E-state index in [0.29, 0.717) is 34.0 Å². The summed E-state index contributed by atoms with van der Waals surface area (Å²) in [6.45, 7) is 2.41. The lowest BCUT2D eigenvalue weighted by atomic mass is 10.2. The predicted octanol–water partition coefficient (Wildman–Crippen LogP) is 5.19. The molecule has 0 saturated heterocycles. The molecule has 172 valence electrons. The molecule has 0 spiro atoms. The van der Waals surface area contributed by atoms with E-state index in [0.717, 1.165) is 37.1 Å². The summed E-state index contributed by atoms with van der Waals surface area (Å²) in [5.74, 6) is 0.580. The minimum absolute atomic E-state index is 0.167. The van der Waals surface area contributed by atoms with Crippen LogP contribution in [0.3, 0.4) is 0 Å². The molecule has 1 saturated carbocycles. The van der Waals surface area contributed by atoms with E-state index in [2.05, 4.69) is 25.4 Å². The average molecular weight is 484 g/mol. The van der Waals surface area contributed by atoms with Crippen molar-refractivity contribution in [3.05, 3.63) is 59.1 Å². The van der Waals surface area contributed by atoms with E-state index < -0.39 is 0 Å². The minimum atomic E-state index is -0.173. The van der Waals surface area contributed by atoms with E-state index in [1.807, 2.05) is 31.2 Å². The van der Waals surface area contributed by atoms with Crippen molar-refractivity contribution in [1.82, 2.24) is 20.1 Å². The van der Waals surface area contributed by atoms with Crippen molar-refractivity contribution in [2.24, 2.45) is 0 Å². The zero-order chi connectivity index (χ0) is 23.2. The Bertz CT molecular complexity index is 1140. The second kappa shape index (κ2) is 10.9. The summed E-state index contributed by atoms with van der Waals surface area (Å²) >= 11 is 7.79. The van der Waals surface area contributed by atoms with Crippen LogP contribution in [-0.2, 0) is 4.79 Å². The maximum atomic E-state index is 12.6. The van der Waals surface area contributed by atoms with Crippen LogP contribution < -0.4 is 10.6 Å². The lowest BCUT2D eigenvalue weighted by Gasteiger charge is -2.17. The molecule has 0 bridgehead atoms. The lowest BCUT2D eigenvalue weighted by Crippen LogP contribution is -2.23. The van der Waals surface area contributed by atoms with Gasteiger partial charge in [0.2, 0.25) is 5.91 Å². The van der Waals surface area contributed by atoms with Crippen LogP contribution in [0.4, 0.5) is 5.69 Å². The highest BCUT2D eigenvalue weighted by Crippen LogP contribution is 2.38. The van der Waals surface area contributed by atoms with Crippen molar-refractivity contribution in [2.45, 2.75) is 43.8 Å². The molecule has 0 unspecified atom stereocenters. The summed E-state index contributed by atoms with van der Waals surface area (Å²) in [5, 5.41) is 15.8. The van der Waals surface area contributed by atoms with Crippen molar-refractivity contribution >= 4 is 40.9 Å². The first-order valence-electron chi connectivity index (χ1n) is 11.1. The van der Waals surface area contributed by atoms with Gasteiger partial charge in [0, 0.05) is 29.4 Å². The Kier molecular flexibility index (Phi) is 7.67. The molecule has 2 amide bonds. The summed E-state index contributed by atoms with van der Waals surface area (Å²) in [5.41, 5.74) is 1.93. The highest BCUT2D eigenvalue weighted by molar-refractivity contribution is 7.99.